The summed E-state index contributed by atoms with van der Waals surface area (Å²) in [6.07, 6.45) is 0. The molecule has 3 aromatic rings. The van der Waals surface area contributed by atoms with Crippen LogP contribution in [-0.4, -0.2) is 30.7 Å². The van der Waals surface area contributed by atoms with Gasteiger partial charge in [-0.15, -0.1) is 5.10 Å². The van der Waals surface area contributed by atoms with Gasteiger partial charge in [0.1, 0.15) is 0 Å². The highest BCUT2D eigenvalue weighted by Gasteiger charge is 2.18. The summed E-state index contributed by atoms with van der Waals surface area (Å²) in [6, 6.07) is 9.39. The Morgan fingerprint density at radius 3 is 2.84 bits per heavy atom. The molecule has 0 saturated carbocycles. The van der Waals surface area contributed by atoms with E-state index < -0.39 is 0 Å². The number of hydrogen-bond donors (Lipinski definition) is 1. The maximum absolute atomic E-state index is 12.3. The zero-order valence-corrected chi connectivity index (χ0v) is 15.7. The zero-order chi connectivity index (χ0) is 18.0. The third kappa shape index (κ3) is 4.11. The number of rotatable bonds is 5. The molecular weight excluding hydrogens is 358 g/mol. The van der Waals surface area contributed by atoms with Crippen LogP contribution in [0.15, 0.2) is 35.5 Å². The predicted molar refractivity (Wildman–Crippen MR) is 98.9 cm³/mol. The number of fused-ring (bicyclic) bond motifs is 1. The second-order valence-corrected chi connectivity index (χ2v) is 7.43. The molecule has 0 aliphatic heterocycles. The van der Waals surface area contributed by atoms with Gasteiger partial charge >= 0.3 is 0 Å². The number of aryl methyl sites for hydroxylation is 2. The SMILES string of the molecule is Cc1cc(C)n2nc(S[C@@H](C)C(=O)NCc3ccccc3Cl)nc2n1. The lowest BCUT2D eigenvalue weighted by molar-refractivity contribution is -0.120. The van der Waals surface area contributed by atoms with E-state index in [4.69, 9.17) is 11.6 Å². The molecule has 2 aromatic heterocycles. The number of benzene rings is 1. The van der Waals surface area contributed by atoms with Crippen LogP contribution in [0.4, 0.5) is 0 Å². The van der Waals surface area contributed by atoms with Crippen LogP contribution in [0.1, 0.15) is 23.9 Å². The lowest BCUT2D eigenvalue weighted by atomic mass is 10.2. The van der Waals surface area contributed by atoms with Crippen molar-refractivity contribution in [3.05, 3.63) is 52.3 Å². The molecule has 0 saturated heterocycles. The summed E-state index contributed by atoms with van der Waals surface area (Å²) < 4.78 is 1.68. The summed E-state index contributed by atoms with van der Waals surface area (Å²) in [5.41, 5.74) is 2.73. The number of halogens is 1. The first-order chi connectivity index (χ1) is 11.9. The maximum Gasteiger partial charge on any atom is 0.253 e. The van der Waals surface area contributed by atoms with Crippen molar-refractivity contribution in [1.82, 2.24) is 24.9 Å². The fraction of sp³-hybridized carbons (Fsp3) is 0.294. The van der Waals surface area contributed by atoms with Crippen LogP contribution >= 0.6 is 23.4 Å². The first-order valence-electron chi connectivity index (χ1n) is 7.83. The van der Waals surface area contributed by atoms with Gasteiger partial charge in [-0.05, 0) is 38.5 Å². The van der Waals surface area contributed by atoms with Crippen LogP contribution in [0.2, 0.25) is 5.02 Å². The second kappa shape index (κ2) is 7.41. The number of nitrogens with one attached hydrogen (secondary N) is 1. The molecule has 8 heteroatoms. The molecule has 1 amide bonds. The van der Waals surface area contributed by atoms with E-state index in [1.165, 1.54) is 11.8 Å². The number of aromatic nitrogens is 4. The number of carbonyl (C=O) groups is 1. The predicted octanol–water partition coefficient (Wildman–Crippen LogP) is 3.19. The van der Waals surface area contributed by atoms with E-state index >= 15 is 0 Å². The topological polar surface area (TPSA) is 72.2 Å². The molecule has 1 atom stereocenters. The van der Waals surface area contributed by atoms with E-state index in [0.717, 1.165) is 17.0 Å². The fourth-order valence-corrected chi connectivity index (χ4v) is 3.35. The van der Waals surface area contributed by atoms with Crippen molar-refractivity contribution >= 4 is 35.0 Å². The lowest BCUT2D eigenvalue weighted by Crippen LogP contribution is -2.30. The van der Waals surface area contributed by atoms with Crippen molar-refractivity contribution < 1.29 is 4.79 Å². The van der Waals surface area contributed by atoms with Gasteiger partial charge in [-0.1, -0.05) is 41.6 Å². The monoisotopic (exact) mass is 375 g/mol. The standard InChI is InChI=1S/C17H18ClN5OS/c1-10-8-11(2)23-16(20-10)21-17(22-23)25-12(3)15(24)19-9-13-6-4-5-7-14(13)18/h4-8,12H,9H2,1-3H3,(H,19,24)/t12-/m0/s1. The molecule has 3 rings (SSSR count). The molecule has 1 N–H and O–H groups in total. The van der Waals surface area contributed by atoms with Gasteiger partial charge in [0.05, 0.1) is 5.25 Å². The molecule has 130 valence electrons. The first kappa shape index (κ1) is 17.7. The molecule has 6 nitrogen and oxygen atoms in total. The molecule has 2 heterocycles. The minimum atomic E-state index is -0.332. The molecule has 0 spiro atoms. The van der Waals surface area contributed by atoms with Gasteiger partial charge in [0.2, 0.25) is 11.1 Å². The Bertz CT molecular complexity index is 927. The number of nitrogens with zero attached hydrogens (tertiary/aromatic N) is 4. The summed E-state index contributed by atoms with van der Waals surface area (Å²) in [6.45, 7) is 6.08. The summed E-state index contributed by atoms with van der Waals surface area (Å²) in [5.74, 6) is 0.452. The average Bonchev–Trinajstić information content (AvgIpc) is 2.96. The summed E-state index contributed by atoms with van der Waals surface area (Å²) in [5, 5.41) is 8.14. The molecule has 0 aliphatic rings. The van der Waals surface area contributed by atoms with E-state index in [1.54, 1.807) is 10.6 Å². The van der Waals surface area contributed by atoms with Crippen molar-refractivity contribution in [2.45, 2.75) is 37.7 Å². The smallest absolute Gasteiger partial charge is 0.253 e. The normalized spacial score (nSPS) is 12.3. The van der Waals surface area contributed by atoms with Crippen LogP contribution < -0.4 is 5.32 Å². The minimum Gasteiger partial charge on any atom is -0.351 e. The summed E-state index contributed by atoms with van der Waals surface area (Å²) in [4.78, 5) is 21.1. The van der Waals surface area contributed by atoms with Gasteiger partial charge in [0.25, 0.3) is 5.78 Å². The Hall–Kier alpha value is -2.12. The van der Waals surface area contributed by atoms with E-state index in [1.807, 2.05) is 45.0 Å². The fourth-order valence-electron chi connectivity index (χ4n) is 2.38. The second-order valence-electron chi connectivity index (χ2n) is 5.71. The van der Waals surface area contributed by atoms with Gasteiger partial charge in [-0.2, -0.15) is 4.98 Å². The third-order valence-corrected chi connectivity index (χ3v) is 4.98. The van der Waals surface area contributed by atoms with Crippen LogP contribution in [0.5, 0.6) is 0 Å². The third-order valence-electron chi connectivity index (χ3n) is 3.66. The number of thioether (sulfide) groups is 1. The van der Waals surface area contributed by atoms with Gasteiger partial charge in [-0.3, -0.25) is 4.79 Å². The number of carbonyl (C=O) groups excluding carboxylic acids is 1. The average molecular weight is 376 g/mol. The van der Waals surface area contributed by atoms with Crippen LogP contribution in [0.25, 0.3) is 5.78 Å². The van der Waals surface area contributed by atoms with Gasteiger partial charge in [0.15, 0.2) is 0 Å². The van der Waals surface area contributed by atoms with Crippen LogP contribution in [-0.2, 0) is 11.3 Å². The molecule has 0 bridgehead atoms. The Morgan fingerprint density at radius 2 is 2.08 bits per heavy atom. The lowest BCUT2D eigenvalue weighted by Gasteiger charge is -2.10. The number of hydrogen-bond acceptors (Lipinski definition) is 5. The van der Waals surface area contributed by atoms with Crippen molar-refractivity contribution in [1.29, 1.82) is 0 Å². The van der Waals surface area contributed by atoms with Crippen LogP contribution in [0.3, 0.4) is 0 Å². The summed E-state index contributed by atoms with van der Waals surface area (Å²) >= 11 is 7.41. The van der Waals surface area contributed by atoms with Gasteiger partial charge in [-0.25, -0.2) is 9.50 Å². The molecule has 25 heavy (non-hydrogen) atoms. The quantitative estimate of drug-likeness (QED) is 0.693. The molecule has 0 fully saturated rings. The Kier molecular flexibility index (Phi) is 5.24. The Balaban J connectivity index is 1.65. The van der Waals surface area contributed by atoms with Crippen LogP contribution in [0, 0.1) is 13.8 Å². The Morgan fingerprint density at radius 1 is 1.32 bits per heavy atom. The Labute approximate surface area is 155 Å². The van der Waals surface area contributed by atoms with Crippen molar-refractivity contribution in [3.8, 4) is 0 Å². The van der Waals surface area contributed by atoms with Crippen molar-refractivity contribution in [2.24, 2.45) is 0 Å². The van der Waals surface area contributed by atoms with E-state index in [0.29, 0.717) is 22.5 Å². The van der Waals surface area contributed by atoms with Crippen molar-refractivity contribution in [3.63, 3.8) is 0 Å². The zero-order valence-electron chi connectivity index (χ0n) is 14.2. The van der Waals surface area contributed by atoms with E-state index in [9.17, 15) is 4.79 Å². The van der Waals surface area contributed by atoms with Crippen molar-refractivity contribution in [2.75, 3.05) is 0 Å². The van der Waals surface area contributed by atoms with Gasteiger partial charge < -0.3 is 5.32 Å². The highest BCUT2D eigenvalue weighted by atomic mass is 35.5. The first-order valence-corrected chi connectivity index (χ1v) is 9.08. The molecule has 1 aromatic carbocycles. The largest absolute Gasteiger partial charge is 0.351 e. The molecule has 0 radical (unpaired) electrons. The molecule has 0 aliphatic carbocycles. The van der Waals surface area contributed by atoms with Gasteiger partial charge in [0, 0.05) is 23.0 Å². The van der Waals surface area contributed by atoms with E-state index in [-0.39, 0.29) is 11.2 Å². The number of amides is 1. The van der Waals surface area contributed by atoms with E-state index in [2.05, 4.69) is 20.4 Å². The maximum atomic E-state index is 12.3. The minimum absolute atomic E-state index is 0.0929. The molecule has 0 unspecified atom stereocenters. The highest BCUT2D eigenvalue weighted by Crippen LogP contribution is 2.21. The highest BCUT2D eigenvalue weighted by molar-refractivity contribution is 8.00. The summed E-state index contributed by atoms with van der Waals surface area (Å²) in [7, 11) is 0. The molecular formula is C17H18ClN5OS.